The average Bonchev–Trinajstić information content (AvgIpc) is 2.54. The maximum atomic E-state index is 9.78. The zero-order valence-electron chi connectivity index (χ0n) is 15.5. The second-order valence-corrected chi connectivity index (χ2v) is 7.02. The van der Waals surface area contributed by atoms with Gasteiger partial charge in [0.15, 0.2) is 0 Å². The van der Waals surface area contributed by atoms with Crippen molar-refractivity contribution >= 4 is 0 Å². The maximum absolute atomic E-state index is 9.78. The highest BCUT2D eigenvalue weighted by atomic mass is 16.3. The number of nitrogens with two attached hydrogens (primary N) is 1. The fourth-order valence-electron chi connectivity index (χ4n) is 3.03. The first kappa shape index (κ1) is 21.9. The highest BCUT2D eigenvalue weighted by molar-refractivity contribution is 4.69. The molecule has 0 bridgehead atoms. The molecule has 2 heteroatoms. The van der Waals surface area contributed by atoms with Crippen molar-refractivity contribution < 1.29 is 5.11 Å². The van der Waals surface area contributed by atoms with Crippen molar-refractivity contribution in [2.75, 3.05) is 0 Å². The monoisotopic (exact) mass is 313 g/mol. The lowest BCUT2D eigenvalue weighted by Gasteiger charge is -2.16. The Balaban J connectivity index is 3.08. The van der Waals surface area contributed by atoms with Gasteiger partial charge in [-0.3, -0.25) is 0 Å². The second-order valence-electron chi connectivity index (χ2n) is 7.02. The topological polar surface area (TPSA) is 46.2 Å². The summed E-state index contributed by atoms with van der Waals surface area (Å²) in [4.78, 5) is 0. The summed E-state index contributed by atoms with van der Waals surface area (Å²) in [6, 6.07) is -0.0260. The number of hydrogen-bond acceptors (Lipinski definition) is 2. The van der Waals surface area contributed by atoms with Crippen LogP contribution >= 0.6 is 0 Å². The van der Waals surface area contributed by atoms with E-state index in [1.165, 1.54) is 83.5 Å². The van der Waals surface area contributed by atoms with Crippen LogP contribution in [0.1, 0.15) is 117 Å². The van der Waals surface area contributed by atoms with E-state index in [-0.39, 0.29) is 12.1 Å². The van der Waals surface area contributed by atoms with Crippen LogP contribution in [-0.4, -0.2) is 17.3 Å². The normalized spacial score (nSPS) is 14.2. The van der Waals surface area contributed by atoms with Crippen molar-refractivity contribution in [3.8, 4) is 0 Å². The third-order valence-electron chi connectivity index (χ3n) is 4.82. The zero-order chi connectivity index (χ0) is 16.5. The lowest BCUT2D eigenvalue weighted by atomic mass is 10.0. The molecule has 0 rings (SSSR count). The SMILES string of the molecule is CCCCCCCCCCCCCCCC[C@@H](O)[C@@H](N)CC. The van der Waals surface area contributed by atoms with Crippen molar-refractivity contribution in [1.29, 1.82) is 0 Å². The van der Waals surface area contributed by atoms with Crippen molar-refractivity contribution in [2.45, 2.75) is 129 Å². The summed E-state index contributed by atoms with van der Waals surface area (Å²) in [5.41, 5.74) is 5.82. The van der Waals surface area contributed by atoms with Gasteiger partial charge in [0.25, 0.3) is 0 Å². The highest BCUT2D eigenvalue weighted by Crippen LogP contribution is 2.14. The van der Waals surface area contributed by atoms with Crippen LogP contribution in [0.5, 0.6) is 0 Å². The molecular formula is C20H43NO. The Bertz CT molecular complexity index is 208. The Labute approximate surface area is 140 Å². The molecule has 0 amide bonds. The molecule has 0 saturated heterocycles. The van der Waals surface area contributed by atoms with Gasteiger partial charge >= 0.3 is 0 Å². The minimum atomic E-state index is -0.290. The summed E-state index contributed by atoms with van der Waals surface area (Å²) in [6.07, 6.45) is 20.8. The van der Waals surface area contributed by atoms with Crippen LogP contribution in [0.4, 0.5) is 0 Å². The molecule has 0 heterocycles. The molecule has 0 aliphatic rings. The van der Waals surface area contributed by atoms with Crippen LogP contribution in [0.3, 0.4) is 0 Å². The number of hydrogen-bond donors (Lipinski definition) is 2. The summed E-state index contributed by atoms with van der Waals surface area (Å²) in [5.74, 6) is 0. The van der Waals surface area contributed by atoms with Gasteiger partial charge in [-0.1, -0.05) is 104 Å². The third kappa shape index (κ3) is 14.8. The van der Waals surface area contributed by atoms with Gasteiger partial charge in [-0.15, -0.1) is 0 Å². The van der Waals surface area contributed by atoms with Crippen molar-refractivity contribution in [3.05, 3.63) is 0 Å². The number of aliphatic hydroxyl groups is 1. The van der Waals surface area contributed by atoms with Gasteiger partial charge in [0.05, 0.1) is 6.10 Å². The van der Waals surface area contributed by atoms with Crippen LogP contribution in [-0.2, 0) is 0 Å². The van der Waals surface area contributed by atoms with Gasteiger partial charge in [0, 0.05) is 6.04 Å². The maximum Gasteiger partial charge on any atom is 0.0691 e. The lowest BCUT2D eigenvalue weighted by molar-refractivity contribution is 0.129. The molecule has 22 heavy (non-hydrogen) atoms. The van der Waals surface area contributed by atoms with Gasteiger partial charge in [0.2, 0.25) is 0 Å². The van der Waals surface area contributed by atoms with E-state index >= 15 is 0 Å². The standard InChI is InChI=1S/C20H43NO/c1-3-5-6-7-8-9-10-11-12-13-14-15-16-17-18-20(22)19(21)4-2/h19-20,22H,3-18,21H2,1-2H3/t19-,20+/m0/s1. The Morgan fingerprint density at radius 3 is 1.36 bits per heavy atom. The smallest absolute Gasteiger partial charge is 0.0691 e. The van der Waals surface area contributed by atoms with Gasteiger partial charge in [-0.05, 0) is 12.8 Å². The first-order valence-corrected chi connectivity index (χ1v) is 10.2. The summed E-state index contributed by atoms with van der Waals surface area (Å²) in [5, 5.41) is 9.78. The number of aliphatic hydroxyl groups excluding tert-OH is 1. The molecule has 0 aromatic rings. The molecule has 0 aliphatic heterocycles. The minimum Gasteiger partial charge on any atom is -0.392 e. The second kappa shape index (κ2) is 17.3. The van der Waals surface area contributed by atoms with Crippen molar-refractivity contribution in [1.82, 2.24) is 0 Å². The number of rotatable bonds is 17. The molecule has 2 nitrogen and oxygen atoms in total. The lowest BCUT2D eigenvalue weighted by Crippen LogP contribution is -2.33. The van der Waals surface area contributed by atoms with E-state index in [0.29, 0.717) is 0 Å². The average molecular weight is 314 g/mol. The first-order chi connectivity index (χ1) is 10.7. The van der Waals surface area contributed by atoms with Crippen LogP contribution in [0, 0.1) is 0 Å². The summed E-state index contributed by atoms with van der Waals surface area (Å²) in [7, 11) is 0. The molecule has 3 N–H and O–H groups in total. The zero-order valence-corrected chi connectivity index (χ0v) is 15.5. The van der Waals surface area contributed by atoms with Crippen molar-refractivity contribution in [3.63, 3.8) is 0 Å². The molecule has 0 aromatic heterocycles. The molecule has 134 valence electrons. The molecule has 0 unspecified atom stereocenters. The van der Waals surface area contributed by atoms with Gasteiger partial charge < -0.3 is 10.8 Å². The predicted molar refractivity (Wildman–Crippen MR) is 99.2 cm³/mol. The van der Waals surface area contributed by atoms with Gasteiger partial charge in [-0.25, -0.2) is 0 Å². The molecule has 0 saturated carbocycles. The third-order valence-corrected chi connectivity index (χ3v) is 4.82. The van der Waals surface area contributed by atoms with E-state index < -0.39 is 0 Å². The van der Waals surface area contributed by atoms with E-state index in [1.807, 2.05) is 6.92 Å². The largest absolute Gasteiger partial charge is 0.392 e. The fraction of sp³-hybridized carbons (Fsp3) is 1.00. The minimum absolute atomic E-state index is 0.0260. The Hall–Kier alpha value is -0.0800. The summed E-state index contributed by atoms with van der Waals surface area (Å²) < 4.78 is 0. The molecule has 0 aliphatic carbocycles. The fourth-order valence-corrected chi connectivity index (χ4v) is 3.03. The Morgan fingerprint density at radius 2 is 1.00 bits per heavy atom. The molecular weight excluding hydrogens is 270 g/mol. The van der Waals surface area contributed by atoms with Crippen LogP contribution in [0.2, 0.25) is 0 Å². The van der Waals surface area contributed by atoms with Gasteiger partial charge in [0.1, 0.15) is 0 Å². The molecule has 0 spiro atoms. The van der Waals surface area contributed by atoms with Crippen LogP contribution in [0.25, 0.3) is 0 Å². The van der Waals surface area contributed by atoms with E-state index in [0.717, 1.165) is 19.3 Å². The van der Waals surface area contributed by atoms with Crippen molar-refractivity contribution in [2.24, 2.45) is 5.73 Å². The Kier molecular flexibility index (Phi) is 17.2. The molecule has 0 fully saturated rings. The first-order valence-electron chi connectivity index (χ1n) is 10.2. The summed E-state index contributed by atoms with van der Waals surface area (Å²) in [6.45, 7) is 4.32. The predicted octanol–water partition coefficient (Wildman–Crippen LogP) is 5.96. The molecule has 0 radical (unpaired) electrons. The van der Waals surface area contributed by atoms with Crippen LogP contribution in [0.15, 0.2) is 0 Å². The van der Waals surface area contributed by atoms with Gasteiger partial charge in [-0.2, -0.15) is 0 Å². The molecule has 0 aromatic carbocycles. The van der Waals surface area contributed by atoms with E-state index in [9.17, 15) is 5.11 Å². The Morgan fingerprint density at radius 1 is 0.636 bits per heavy atom. The highest BCUT2D eigenvalue weighted by Gasteiger charge is 2.11. The molecule has 2 atom stereocenters. The van der Waals surface area contributed by atoms with Crippen LogP contribution < -0.4 is 5.73 Å². The quantitative estimate of drug-likeness (QED) is 0.326. The summed E-state index contributed by atoms with van der Waals surface area (Å²) >= 11 is 0. The number of unbranched alkanes of at least 4 members (excludes halogenated alkanes) is 13. The van der Waals surface area contributed by atoms with E-state index in [4.69, 9.17) is 5.73 Å². The van der Waals surface area contributed by atoms with E-state index in [1.54, 1.807) is 0 Å². The van der Waals surface area contributed by atoms with E-state index in [2.05, 4.69) is 6.92 Å².